The van der Waals surface area contributed by atoms with Crippen molar-refractivity contribution in [2.75, 3.05) is 51.7 Å². The first kappa shape index (κ1) is 32.8. The molecule has 0 atom stereocenters. The van der Waals surface area contributed by atoms with Gasteiger partial charge in [-0.3, -0.25) is 4.90 Å². The van der Waals surface area contributed by atoms with Crippen LogP contribution in [0.2, 0.25) is 0 Å². The molecular weight excluding hydrogens is 566 g/mol. The van der Waals surface area contributed by atoms with Gasteiger partial charge in [-0.15, -0.1) is 11.3 Å². The molecule has 1 fully saturated rings. The monoisotopic (exact) mass is 609 g/mol. The van der Waals surface area contributed by atoms with Crippen LogP contribution in [0.1, 0.15) is 40.2 Å². The Kier molecular flexibility index (Phi) is 12.9. The lowest BCUT2D eigenvalue weighted by molar-refractivity contribution is -0.131. The molecule has 8 heteroatoms. The first-order valence-corrected chi connectivity index (χ1v) is 16.0. The summed E-state index contributed by atoms with van der Waals surface area (Å²) in [6.07, 6.45) is 9.27. The van der Waals surface area contributed by atoms with Gasteiger partial charge in [0.15, 0.2) is 0 Å². The van der Waals surface area contributed by atoms with Crippen molar-refractivity contribution in [3.8, 4) is 0 Å². The van der Waals surface area contributed by atoms with Crippen LogP contribution in [0.15, 0.2) is 96.5 Å². The van der Waals surface area contributed by atoms with Gasteiger partial charge in [0.2, 0.25) is 0 Å². The number of carboxylic acid groups (broad SMARTS) is 1. The van der Waals surface area contributed by atoms with Gasteiger partial charge in [0, 0.05) is 42.4 Å². The Morgan fingerprint density at radius 1 is 0.977 bits per heavy atom. The summed E-state index contributed by atoms with van der Waals surface area (Å²) < 4.78 is 0. The number of anilines is 1. The molecule has 1 N–H and O–H groups in total. The number of carboxylic acids is 1. The highest BCUT2D eigenvalue weighted by Crippen LogP contribution is 2.24. The molecule has 1 aliphatic heterocycles. The molecule has 5 rings (SSSR count). The molecule has 0 amide bonds. The molecule has 1 saturated heterocycles. The van der Waals surface area contributed by atoms with Crippen LogP contribution in [0.25, 0.3) is 11.6 Å². The first-order valence-electron chi connectivity index (χ1n) is 15.1. The van der Waals surface area contributed by atoms with Crippen molar-refractivity contribution in [3.63, 3.8) is 0 Å². The van der Waals surface area contributed by atoms with Crippen LogP contribution in [0, 0.1) is 6.92 Å². The fraction of sp³-hybridized carbons (Fsp3) is 0.306. The number of thiophene rings is 1. The highest BCUT2D eigenvalue weighted by atomic mass is 32.1. The van der Waals surface area contributed by atoms with Crippen LogP contribution < -0.4 is 4.90 Å². The van der Waals surface area contributed by atoms with Crippen molar-refractivity contribution in [1.29, 1.82) is 0 Å². The van der Waals surface area contributed by atoms with E-state index >= 15 is 0 Å². The molecule has 1 aromatic carbocycles. The largest absolute Gasteiger partial charge is 0.478 e. The van der Waals surface area contributed by atoms with Gasteiger partial charge in [-0.1, -0.05) is 54.1 Å². The zero-order valence-electron chi connectivity index (χ0n) is 26.0. The van der Waals surface area contributed by atoms with Crippen LogP contribution in [-0.4, -0.2) is 77.7 Å². The Hall–Kier alpha value is -4.11. The van der Waals surface area contributed by atoms with Crippen LogP contribution in [0.4, 0.5) is 5.82 Å². The summed E-state index contributed by atoms with van der Waals surface area (Å²) in [6.45, 7) is 8.22. The molecule has 4 heterocycles. The molecule has 1 aliphatic rings. The number of carbonyl (C=O) groups is 1. The number of aryl methyl sites for hydroxylation is 1. The number of hydrogen-bond acceptors (Lipinski definition) is 7. The minimum Gasteiger partial charge on any atom is -0.478 e. The van der Waals surface area contributed by atoms with E-state index in [1.807, 2.05) is 36.5 Å². The van der Waals surface area contributed by atoms with E-state index in [1.54, 1.807) is 11.3 Å². The lowest BCUT2D eigenvalue weighted by Gasteiger charge is -2.24. The van der Waals surface area contributed by atoms with E-state index < -0.39 is 5.97 Å². The molecule has 0 radical (unpaired) electrons. The Morgan fingerprint density at radius 3 is 2.43 bits per heavy atom. The molecule has 7 nitrogen and oxygen atoms in total. The van der Waals surface area contributed by atoms with Crippen LogP contribution in [0.3, 0.4) is 0 Å². The van der Waals surface area contributed by atoms with E-state index in [0.29, 0.717) is 5.69 Å². The fourth-order valence-electron chi connectivity index (χ4n) is 4.87. The summed E-state index contributed by atoms with van der Waals surface area (Å²) in [5.74, 6) is 0.0771. The number of aromatic nitrogens is 2. The van der Waals surface area contributed by atoms with Gasteiger partial charge >= 0.3 is 5.97 Å². The summed E-state index contributed by atoms with van der Waals surface area (Å²) in [5.41, 5.74) is 4.94. The van der Waals surface area contributed by atoms with Gasteiger partial charge < -0.3 is 14.9 Å². The first-order chi connectivity index (χ1) is 21.4. The van der Waals surface area contributed by atoms with E-state index in [4.69, 9.17) is 5.11 Å². The second-order valence-electron chi connectivity index (χ2n) is 11.1. The molecule has 0 spiro atoms. The maximum absolute atomic E-state index is 10.8. The van der Waals surface area contributed by atoms with Crippen molar-refractivity contribution < 1.29 is 9.90 Å². The van der Waals surface area contributed by atoms with Crippen molar-refractivity contribution in [1.82, 2.24) is 19.8 Å². The normalized spacial score (nSPS) is 13.7. The zero-order valence-corrected chi connectivity index (χ0v) is 26.8. The maximum atomic E-state index is 10.8. The highest BCUT2D eigenvalue weighted by molar-refractivity contribution is 7.09. The van der Waals surface area contributed by atoms with Gasteiger partial charge in [-0.25, -0.2) is 14.8 Å². The molecular formula is C36H43N5O2S. The maximum Gasteiger partial charge on any atom is 0.328 e. The second kappa shape index (κ2) is 17.3. The number of hydrogen-bond donors (Lipinski definition) is 1. The third-order valence-electron chi connectivity index (χ3n) is 7.28. The number of rotatable bonds is 12. The van der Waals surface area contributed by atoms with Crippen LogP contribution in [0.5, 0.6) is 0 Å². The average Bonchev–Trinajstić information content (AvgIpc) is 3.75. The third-order valence-corrected chi connectivity index (χ3v) is 8.14. The average molecular weight is 610 g/mol. The minimum absolute atomic E-state index is 0.643. The fourth-order valence-corrected chi connectivity index (χ4v) is 5.59. The summed E-state index contributed by atoms with van der Waals surface area (Å²) in [4.78, 5) is 28.2. The van der Waals surface area contributed by atoms with Crippen molar-refractivity contribution >= 4 is 34.8 Å². The highest BCUT2D eigenvalue weighted by Gasteiger charge is 2.13. The molecule has 0 unspecified atom stereocenters. The van der Waals surface area contributed by atoms with Crippen molar-refractivity contribution in [3.05, 3.63) is 124 Å². The molecule has 230 valence electrons. The molecule has 3 aromatic heterocycles. The predicted molar refractivity (Wildman–Crippen MR) is 183 cm³/mol. The summed E-state index contributed by atoms with van der Waals surface area (Å²) >= 11 is 1.80. The SMILES string of the molecule is CN(C)CCN(Cc1cccs1)c1ccccn1.Cc1ccc(/C(=C\CN2CCCC2)c2cccc(/C=C/C(=O)O)n2)cc1. The summed E-state index contributed by atoms with van der Waals surface area (Å²) in [6, 6.07) is 24.5. The summed E-state index contributed by atoms with van der Waals surface area (Å²) in [7, 11) is 4.20. The Balaban J connectivity index is 0.000000215. The number of benzene rings is 1. The van der Waals surface area contributed by atoms with Gasteiger partial charge in [0.25, 0.3) is 0 Å². The minimum atomic E-state index is -0.972. The number of aliphatic carboxylic acids is 1. The Morgan fingerprint density at radius 2 is 1.77 bits per heavy atom. The van der Waals surface area contributed by atoms with E-state index in [-0.39, 0.29) is 0 Å². The standard InChI is InChI=1S/C22H24N2O2.C14H19N3S/c1-17-7-9-18(10-8-17)20(13-16-24-14-2-3-15-24)21-6-4-5-19(23-21)11-12-22(25)26;1-16(2)9-10-17(12-13-6-5-11-18-13)14-7-3-4-8-15-14/h4-13H,2-3,14-16H2,1H3,(H,25,26);3-8,11H,9-10,12H2,1-2H3/b12-11+,20-13+;. The molecule has 4 aromatic rings. The topological polar surface area (TPSA) is 72.8 Å². The molecule has 0 saturated carbocycles. The van der Waals surface area contributed by atoms with E-state index in [2.05, 4.69) is 99.6 Å². The van der Waals surface area contributed by atoms with Gasteiger partial charge in [-0.05, 0) is 94.3 Å². The van der Waals surface area contributed by atoms with E-state index in [0.717, 1.165) is 68.0 Å². The summed E-state index contributed by atoms with van der Waals surface area (Å²) in [5, 5.41) is 11.0. The van der Waals surface area contributed by atoms with E-state index in [1.165, 1.54) is 29.4 Å². The lowest BCUT2D eigenvalue weighted by Crippen LogP contribution is -2.31. The van der Waals surface area contributed by atoms with Gasteiger partial charge in [0.1, 0.15) is 5.82 Å². The van der Waals surface area contributed by atoms with Gasteiger partial charge in [-0.2, -0.15) is 0 Å². The van der Waals surface area contributed by atoms with Crippen LogP contribution in [-0.2, 0) is 11.3 Å². The third kappa shape index (κ3) is 10.9. The molecule has 44 heavy (non-hydrogen) atoms. The Labute approximate surface area is 265 Å². The quantitative estimate of drug-likeness (QED) is 0.179. The molecule has 0 bridgehead atoms. The van der Waals surface area contributed by atoms with Crippen molar-refractivity contribution in [2.24, 2.45) is 0 Å². The smallest absolute Gasteiger partial charge is 0.328 e. The predicted octanol–water partition coefficient (Wildman–Crippen LogP) is 6.73. The molecule has 0 aliphatic carbocycles. The lowest BCUT2D eigenvalue weighted by atomic mass is 10.00. The number of nitrogens with zero attached hydrogens (tertiary/aromatic N) is 5. The van der Waals surface area contributed by atoms with Crippen LogP contribution >= 0.6 is 11.3 Å². The Bertz CT molecular complexity index is 1480. The van der Waals surface area contributed by atoms with E-state index in [9.17, 15) is 4.79 Å². The number of likely N-dealkylation sites (tertiary alicyclic amines) is 1. The van der Waals surface area contributed by atoms with Gasteiger partial charge in [0.05, 0.1) is 17.9 Å². The second-order valence-corrected chi connectivity index (χ2v) is 12.1. The number of pyridine rings is 2. The van der Waals surface area contributed by atoms with Crippen molar-refractivity contribution in [2.45, 2.75) is 26.3 Å². The number of likely N-dealkylation sites (N-methyl/N-ethyl adjacent to an activating group) is 1. The zero-order chi connectivity index (χ0) is 31.1.